The van der Waals surface area contributed by atoms with Crippen molar-refractivity contribution in [2.75, 3.05) is 7.05 Å². The normalized spacial score (nSPS) is 13.4. The summed E-state index contributed by atoms with van der Waals surface area (Å²) >= 11 is 6.20. The van der Waals surface area contributed by atoms with Gasteiger partial charge in [-0.25, -0.2) is 0 Å². The minimum absolute atomic E-state index is 0.187. The number of nitrogens with one attached hydrogen (secondary N) is 2. The number of hydrogen-bond donors (Lipinski definition) is 2. The van der Waals surface area contributed by atoms with Gasteiger partial charge in [-0.2, -0.15) is 13.2 Å². The van der Waals surface area contributed by atoms with Crippen LogP contribution in [0.2, 0.25) is 5.02 Å². The van der Waals surface area contributed by atoms with Crippen molar-refractivity contribution in [3.05, 3.63) is 99.8 Å². The molecule has 2 atom stereocenters. The van der Waals surface area contributed by atoms with Gasteiger partial charge in [0.05, 0.1) is 0 Å². The Labute approximate surface area is 196 Å². The third-order valence-corrected chi connectivity index (χ3v) is 5.85. The van der Waals surface area contributed by atoms with E-state index in [0.29, 0.717) is 23.4 Å². The summed E-state index contributed by atoms with van der Waals surface area (Å²) in [5.41, 5.74) is 2.40. The molecule has 4 nitrogen and oxygen atoms in total. The zero-order valence-corrected chi connectivity index (χ0v) is 19.0. The molecule has 0 aliphatic heterocycles. The molecule has 0 fully saturated rings. The van der Waals surface area contributed by atoms with Crippen LogP contribution in [0, 0.1) is 6.92 Å². The van der Waals surface area contributed by atoms with Crippen LogP contribution < -0.4 is 10.6 Å². The third-order valence-electron chi connectivity index (χ3n) is 5.43. The van der Waals surface area contributed by atoms with Gasteiger partial charge < -0.3 is 5.32 Å². The topological polar surface area (TPSA) is 54.0 Å². The van der Waals surface area contributed by atoms with E-state index in [1.165, 1.54) is 12.3 Å². The highest BCUT2D eigenvalue weighted by molar-refractivity contribution is 6.31. The quantitative estimate of drug-likeness (QED) is 0.432. The number of aromatic nitrogens is 1. The van der Waals surface area contributed by atoms with Gasteiger partial charge in [0.15, 0.2) is 0 Å². The molecule has 1 amide bonds. The Balaban J connectivity index is 1.87. The van der Waals surface area contributed by atoms with Gasteiger partial charge in [-0.3, -0.25) is 15.1 Å². The summed E-state index contributed by atoms with van der Waals surface area (Å²) in [6.07, 6.45) is -2.21. The number of pyridine rings is 1. The van der Waals surface area contributed by atoms with E-state index in [0.717, 1.165) is 22.8 Å². The van der Waals surface area contributed by atoms with Gasteiger partial charge in [-0.15, -0.1) is 0 Å². The maximum atomic E-state index is 12.8. The predicted molar refractivity (Wildman–Crippen MR) is 123 cm³/mol. The Hall–Kier alpha value is -2.90. The predicted octanol–water partition coefficient (Wildman–Crippen LogP) is 5.81. The number of carbonyl (C=O) groups is 1. The van der Waals surface area contributed by atoms with Crippen molar-refractivity contribution in [2.45, 2.75) is 38.0 Å². The lowest BCUT2D eigenvalue weighted by atomic mass is 9.95. The maximum Gasteiger partial charge on any atom is 0.433 e. The van der Waals surface area contributed by atoms with Crippen molar-refractivity contribution < 1.29 is 18.0 Å². The molecular formula is C25H25ClF3N3O. The van der Waals surface area contributed by atoms with E-state index in [-0.39, 0.29) is 11.9 Å². The molecule has 0 saturated heterocycles. The Morgan fingerprint density at radius 1 is 1.06 bits per heavy atom. The second-order valence-corrected chi connectivity index (χ2v) is 8.18. The summed E-state index contributed by atoms with van der Waals surface area (Å²) in [6, 6.07) is 16.6. The number of amides is 1. The fourth-order valence-electron chi connectivity index (χ4n) is 3.60. The second kappa shape index (κ2) is 10.8. The first-order chi connectivity index (χ1) is 15.7. The SMILES string of the molecule is CNC(=O)[C@H](N[C@@H](CCc1ccc(C(F)(F)F)nc1)c1ccc(Cl)c(C)c1)c1ccccc1. The lowest BCUT2D eigenvalue weighted by molar-refractivity contribution is -0.141. The Bertz CT molecular complexity index is 1070. The van der Waals surface area contributed by atoms with E-state index in [1.54, 1.807) is 13.1 Å². The summed E-state index contributed by atoms with van der Waals surface area (Å²) in [5.74, 6) is -0.187. The molecule has 0 unspecified atom stereocenters. The van der Waals surface area contributed by atoms with Crippen molar-refractivity contribution in [2.24, 2.45) is 0 Å². The van der Waals surface area contributed by atoms with Crippen LogP contribution in [0.4, 0.5) is 13.2 Å². The van der Waals surface area contributed by atoms with Crippen LogP contribution in [0.3, 0.4) is 0 Å². The zero-order valence-electron chi connectivity index (χ0n) is 18.3. The number of benzene rings is 2. The minimum atomic E-state index is -4.47. The third kappa shape index (κ3) is 6.55. The maximum absolute atomic E-state index is 12.8. The van der Waals surface area contributed by atoms with E-state index in [2.05, 4.69) is 15.6 Å². The molecule has 8 heteroatoms. The second-order valence-electron chi connectivity index (χ2n) is 7.77. The van der Waals surface area contributed by atoms with Crippen molar-refractivity contribution in [1.29, 1.82) is 0 Å². The van der Waals surface area contributed by atoms with Crippen molar-refractivity contribution in [3.63, 3.8) is 0 Å². The summed E-state index contributed by atoms with van der Waals surface area (Å²) in [5, 5.41) is 6.76. The molecule has 2 N–H and O–H groups in total. The Morgan fingerprint density at radius 2 is 1.79 bits per heavy atom. The molecule has 2 aromatic carbocycles. The first-order valence-corrected chi connectivity index (χ1v) is 10.9. The number of hydrogen-bond acceptors (Lipinski definition) is 3. The zero-order chi connectivity index (χ0) is 24.0. The summed E-state index contributed by atoms with van der Waals surface area (Å²) in [6.45, 7) is 1.90. The molecule has 0 radical (unpaired) electrons. The van der Waals surface area contributed by atoms with Crippen LogP contribution in [0.1, 0.15) is 46.5 Å². The van der Waals surface area contributed by atoms with Crippen LogP contribution in [-0.2, 0) is 17.4 Å². The van der Waals surface area contributed by atoms with E-state index in [9.17, 15) is 18.0 Å². The van der Waals surface area contributed by atoms with Gasteiger partial charge in [0.1, 0.15) is 11.7 Å². The summed E-state index contributed by atoms with van der Waals surface area (Å²) in [4.78, 5) is 16.2. The van der Waals surface area contributed by atoms with E-state index in [1.807, 2.05) is 49.4 Å². The van der Waals surface area contributed by atoms with Crippen LogP contribution in [0.25, 0.3) is 0 Å². The highest BCUT2D eigenvalue weighted by atomic mass is 35.5. The number of halogens is 4. The number of aryl methyl sites for hydroxylation is 2. The molecule has 3 rings (SSSR count). The number of nitrogens with zero attached hydrogens (tertiary/aromatic N) is 1. The van der Waals surface area contributed by atoms with Gasteiger partial charge in [-0.05, 0) is 54.2 Å². The van der Waals surface area contributed by atoms with Crippen molar-refractivity contribution in [3.8, 4) is 0 Å². The molecule has 174 valence electrons. The van der Waals surface area contributed by atoms with Crippen LogP contribution >= 0.6 is 11.6 Å². The molecule has 1 heterocycles. The Kier molecular flexibility index (Phi) is 8.10. The largest absolute Gasteiger partial charge is 0.433 e. The van der Waals surface area contributed by atoms with Gasteiger partial charge in [0.2, 0.25) is 5.91 Å². The van der Waals surface area contributed by atoms with Gasteiger partial charge in [0.25, 0.3) is 0 Å². The number of rotatable bonds is 8. The van der Waals surface area contributed by atoms with E-state index >= 15 is 0 Å². The molecule has 1 aromatic heterocycles. The summed E-state index contributed by atoms with van der Waals surface area (Å²) < 4.78 is 38.5. The number of carbonyl (C=O) groups excluding carboxylic acids is 1. The molecule has 0 bridgehead atoms. The van der Waals surface area contributed by atoms with Crippen molar-refractivity contribution >= 4 is 17.5 Å². The molecular weight excluding hydrogens is 451 g/mol. The van der Waals surface area contributed by atoms with Gasteiger partial charge in [0, 0.05) is 24.3 Å². The van der Waals surface area contributed by atoms with Gasteiger partial charge >= 0.3 is 6.18 Å². The highest BCUT2D eigenvalue weighted by Crippen LogP contribution is 2.29. The van der Waals surface area contributed by atoms with Crippen LogP contribution in [0.15, 0.2) is 66.9 Å². The molecule has 0 aliphatic rings. The number of alkyl halides is 3. The molecule has 3 aromatic rings. The van der Waals surface area contributed by atoms with Gasteiger partial charge in [-0.1, -0.05) is 60.1 Å². The smallest absolute Gasteiger partial charge is 0.358 e. The molecule has 0 saturated carbocycles. The van der Waals surface area contributed by atoms with E-state index < -0.39 is 17.9 Å². The molecule has 0 aliphatic carbocycles. The molecule has 0 spiro atoms. The Morgan fingerprint density at radius 3 is 2.36 bits per heavy atom. The van der Waals surface area contributed by atoms with Crippen molar-refractivity contribution in [1.82, 2.24) is 15.6 Å². The minimum Gasteiger partial charge on any atom is -0.358 e. The average Bonchev–Trinajstić information content (AvgIpc) is 2.81. The average molecular weight is 476 g/mol. The van der Waals surface area contributed by atoms with Crippen LogP contribution in [-0.4, -0.2) is 17.9 Å². The summed E-state index contributed by atoms with van der Waals surface area (Å²) in [7, 11) is 1.58. The molecule has 33 heavy (non-hydrogen) atoms. The lowest BCUT2D eigenvalue weighted by Crippen LogP contribution is -2.38. The van der Waals surface area contributed by atoms with Crippen LogP contribution in [0.5, 0.6) is 0 Å². The fourth-order valence-corrected chi connectivity index (χ4v) is 3.71. The number of likely N-dealkylation sites (N-methyl/N-ethyl adjacent to an activating group) is 1. The van der Waals surface area contributed by atoms with E-state index in [4.69, 9.17) is 11.6 Å². The first-order valence-electron chi connectivity index (χ1n) is 10.5. The lowest BCUT2D eigenvalue weighted by Gasteiger charge is -2.26. The highest BCUT2D eigenvalue weighted by Gasteiger charge is 2.32. The monoisotopic (exact) mass is 475 g/mol. The fraction of sp³-hybridized carbons (Fsp3) is 0.280. The first kappa shape index (κ1) is 24.7. The standard InChI is InChI=1S/C25H25ClF3N3O/c1-16-14-19(10-11-20(16)26)21(12-8-17-9-13-22(31-15-17)25(27,28)29)32-23(24(33)30-2)18-6-4-3-5-7-18/h3-7,9-11,13-15,21,23,32H,8,12H2,1-2H3,(H,30,33)/t21-,23+/m0/s1.